The third-order valence-electron chi connectivity index (χ3n) is 4.23. The van der Waals surface area contributed by atoms with Crippen molar-refractivity contribution in [3.05, 3.63) is 58.1 Å². The van der Waals surface area contributed by atoms with E-state index in [1.54, 1.807) is 24.3 Å². The minimum Gasteiger partial charge on any atom is -0.339 e. The highest BCUT2D eigenvalue weighted by Crippen LogP contribution is 2.26. The van der Waals surface area contributed by atoms with E-state index in [-0.39, 0.29) is 20.8 Å². The van der Waals surface area contributed by atoms with Crippen molar-refractivity contribution in [2.24, 2.45) is 0 Å². The van der Waals surface area contributed by atoms with Gasteiger partial charge in [-0.15, -0.1) is 0 Å². The molecule has 1 fully saturated rings. The number of amides is 1. The highest BCUT2D eigenvalue weighted by Gasteiger charge is 2.19. The molecule has 2 aromatic carbocycles. The van der Waals surface area contributed by atoms with E-state index in [1.807, 2.05) is 4.90 Å². The summed E-state index contributed by atoms with van der Waals surface area (Å²) < 4.78 is 27.4. The Bertz CT molecular complexity index is 909. The maximum absolute atomic E-state index is 12.4. The summed E-state index contributed by atoms with van der Waals surface area (Å²) in [7, 11) is -3.79. The van der Waals surface area contributed by atoms with Crippen LogP contribution in [0.15, 0.2) is 47.4 Å². The lowest BCUT2D eigenvalue weighted by molar-refractivity contribution is 0.0724. The molecular weight excluding hydrogens is 395 g/mol. The highest BCUT2D eigenvalue weighted by molar-refractivity contribution is 7.92. The van der Waals surface area contributed by atoms with Gasteiger partial charge in [-0.3, -0.25) is 9.52 Å². The van der Waals surface area contributed by atoms with Gasteiger partial charge >= 0.3 is 0 Å². The Morgan fingerprint density at radius 3 is 2.19 bits per heavy atom. The van der Waals surface area contributed by atoms with E-state index in [1.165, 1.54) is 18.2 Å². The molecule has 0 aliphatic carbocycles. The SMILES string of the molecule is O=C(c1ccc(NS(=O)(=O)c2ccc(Cl)c(Cl)c2)cc1)N1CCCCC1. The zero-order valence-corrected chi connectivity index (χ0v) is 16.2. The first-order valence-electron chi connectivity index (χ1n) is 8.24. The monoisotopic (exact) mass is 412 g/mol. The Kier molecular flexibility index (Phi) is 5.75. The van der Waals surface area contributed by atoms with Gasteiger partial charge in [0.2, 0.25) is 0 Å². The van der Waals surface area contributed by atoms with Gasteiger partial charge < -0.3 is 4.90 Å². The Morgan fingerprint density at radius 2 is 1.58 bits per heavy atom. The van der Waals surface area contributed by atoms with E-state index in [2.05, 4.69) is 4.72 Å². The summed E-state index contributed by atoms with van der Waals surface area (Å²) in [6.07, 6.45) is 3.19. The van der Waals surface area contributed by atoms with Gasteiger partial charge in [0.05, 0.1) is 14.9 Å². The molecule has 0 atom stereocenters. The lowest BCUT2D eigenvalue weighted by Crippen LogP contribution is -2.35. The van der Waals surface area contributed by atoms with E-state index in [9.17, 15) is 13.2 Å². The number of likely N-dealkylation sites (tertiary alicyclic amines) is 1. The maximum atomic E-state index is 12.4. The first-order chi connectivity index (χ1) is 12.4. The molecule has 3 rings (SSSR count). The number of anilines is 1. The molecule has 1 saturated heterocycles. The zero-order valence-electron chi connectivity index (χ0n) is 13.9. The number of benzene rings is 2. The van der Waals surface area contributed by atoms with Crippen LogP contribution in [0.1, 0.15) is 29.6 Å². The quantitative estimate of drug-likeness (QED) is 0.807. The largest absolute Gasteiger partial charge is 0.339 e. The first kappa shape index (κ1) is 19.0. The number of nitrogens with one attached hydrogen (secondary N) is 1. The molecule has 1 amide bonds. The average molecular weight is 413 g/mol. The van der Waals surface area contributed by atoms with Gasteiger partial charge in [0.25, 0.3) is 15.9 Å². The van der Waals surface area contributed by atoms with Crippen LogP contribution in [0, 0.1) is 0 Å². The summed E-state index contributed by atoms with van der Waals surface area (Å²) >= 11 is 11.7. The summed E-state index contributed by atoms with van der Waals surface area (Å²) in [6.45, 7) is 1.54. The second kappa shape index (κ2) is 7.86. The van der Waals surface area contributed by atoms with Crippen molar-refractivity contribution in [2.75, 3.05) is 17.8 Å². The van der Waals surface area contributed by atoms with Crippen LogP contribution in [0.3, 0.4) is 0 Å². The number of sulfonamides is 1. The predicted octanol–water partition coefficient (Wildman–Crippen LogP) is 4.42. The number of halogens is 2. The number of carbonyl (C=O) groups is 1. The summed E-state index contributed by atoms with van der Waals surface area (Å²) in [5.41, 5.74) is 0.913. The fourth-order valence-corrected chi connectivity index (χ4v) is 4.27. The Morgan fingerprint density at radius 1 is 0.923 bits per heavy atom. The molecule has 1 N–H and O–H groups in total. The van der Waals surface area contributed by atoms with E-state index in [4.69, 9.17) is 23.2 Å². The molecule has 5 nitrogen and oxygen atoms in total. The van der Waals surface area contributed by atoms with Gasteiger partial charge in [-0.2, -0.15) is 0 Å². The number of hydrogen-bond donors (Lipinski definition) is 1. The molecule has 0 aromatic heterocycles. The lowest BCUT2D eigenvalue weighted by Gasteiger charge is -2.26. The van der Waals surface area contributed by atoms with Gasteiger partial charge in [-0.05, 0) is 61.7 Å². The zero-order chi connectivity index (χ0) is 18.7. The number of hydrogen-bond acceptors (Lipinski definition) is 3. The van der Waals surface area contributed by atoms with Crippen molar-refractivity contribution >= 4 is 44.8 Å². The highest BCUT2D eigenvalue weighted by atomic mass is 35.5. The molecule has 0 spiro atoms. The predicted molar refractivity (Wildman–Crippen MR) is 103 cm³/mol. The second-order valence-corrected chi connectivity index (χ2v) is 8.61. The van der Waals surface area contributed by atoms with E-state index < -0.39 is 10.0 Å². The fourth-order valence-electron chi connectivity index (χ4n) is 2.82. The number of rotatable bonds is 4. The lowest BCUT2D eigenvalue weighted by atomic mass is 10.1. The Balaban J connectivity index is 1.74. The van der Waals surface area contributed by atoms with Gasteiger partial charge in [0.1, 0.15) is 0 Å². The van der Waals surface area contributed by atoms with Crippen LogP contribution in [-0.2, 0) is 10.0 Å². The van der Waals surface area contributed by atoms with Crippen LogP contribution in [0.25, 0.3) is 0 Å². The Labute approximate surface area is 163 Å². The second-order valence-electron chi connectivity index (χ2n) is 6.11. The molecule has 0 radical (unpaired) electrons. The molecule has 1 aliphatic heterocycles. The number of carbonyl (C=O) groups excluding carboxylic acids is 1. The molecule has 1 aliphatic rings. The third kappa shape index (κ3) is 4.31. The smallest absolute Gasteiger partial charge is 0.261 e. The van der Waals surface area contributed by atoms with Gasteiger partial charge in [-0.25, -0.2) is 8.42 Å². The van der Waals surface area contributed by atoms with Crippen molar-refractivity contribution in [3.8, 4) is 0 Å². The van der Waals surface area contributed by atoms with Crippen LogP contribution in [0.5, 0.6) is 0 Å². The van der Waals surface area contributed by atoms with Crippen LogP contribution in [0.2, 0.25) is 10.0 Å². The van der Waals surface area contributed by atoms with Crippen LogP contribution in [-0.4, -0.2) is 32.3 Å². The normalized spacial score (nSPS) is 14.9. The molecule has 1 heterocycles. The molecule has 0 saturated carbocycles. The third-order valence-corrected chi connectivity index (χ3v) is 6.35. The molecule has 8 heteroatoms. The maximum Gasteiger partial charge on any atom is 0.261 e. The fraction of sp³-hybridized carbons (Fsp3) is 0.278. The summed E-state index contributed by atoms with van der Waals surface area (Å²) in [5, 5.41) is 0.447. The molecule has 2 aromatic rings. The minimum absolute atomic E-state index is 0.0142. The van der Waals surface area contributed by atoms with Crippen LogP contribution >= 0.6 is 23.2 Å². The summed E-state index contributed by atoms with van der Waals surface area (Å²) in [4.78, 5) is 14.3. The minimum atomic E-state index is -3.79. The molecule has 0 bridgehead atoms. The van der Waals surface area contributed by atoms with Crippen molar-refractivity contribution in [2.45, 2.75) is 24.2 Å². The summed E-state index contributed by atoms with van der Waals surface area (Å²) in [6, 6.07) is 10.5. The molecule has 26 heavy (non-hydrogen) atoms. The molecule has 0 unspecified atom stereocenters. The van der Waals surface area contributed by atoms with Crippen molar-refractivity contribution in [3.63, 3.8) is 0 Å². The number of nitrogens with zero attached hydrogens (tertiary/aromatic N) is 1. The number of piperidine rings is 1. The van der Waals surface area contributed by atoms with Crippen LogP contribution in [0.4, 0.5) is 5.69 Å². The van der Waals surface area contributed by atoms with E-state index in [0.717, 1.165) is 32.4 Å². The van der Waals surface area contributed by atoms with E-state index in [0.29, 0.717) is 11.3 Å². The van der Waals surface area contributed by atoms with E-state index >= 15 is 0 Å². The van der Waals surface area contributed by atoms with Gasteiger partial charge in [0.15, 0.2) is 0 Å². The molecular formula is C18H18Cl2N2O3S. The van der Waals surface area contributed by atoms with Crippen molar-refractivity contribution < 1.29 is 13.2 Å². The Hall–Kier alpha value is -1.76. The first-order valence-corrected chi connectivity index (χ1v) is 10.5. The van der Waals surface area contributed by atoms with Gasteiger partial charge in [0, 0.05) is 24.3 Å². The van der Waals surface area contributed by atoms with Gasteiger partial charge in [-0.1, -0.05) is 23.2 Å². The van der Waals surface area contributed by atoms with Crippen LogP contribution < -0.4 is 4.72 Å². The standard InChI is InChI=1S/C18H18Cl2N2O3S/c19-16-9-8-15(12-17(16)20)26(24,25)21-14-6-4-13(5-7-14)18(23)22-10-2-1-3-11-22/h4-9,12,21H,1-3,10-11H2. The molecule has 138 valence electrons. The average Bonchev–Trinajstić information content (AvgIpc) is 2.64. The topological polar surface area (TPSA) is 66.5 Å². The summed E-state index contributed by atoms with van der Waals surface area (Å²) in [5.74, 6) is -0.0245. The van der Waals surface area contributed by atoms with Crippen molar-refractivity contribution in [1.29, 1.82) is 0 Å². The van der Waals surface area contributed by atoms with Crippen molar-refractivity contribution in [1.82, 2.24) is 4.90 Å².